The van der Waals surface area contributed by atoms with E-state index >= 15 is 0 Å². The molecule has 1 aromatic heterocycles. The first-order valence-corrected chi connectivity index (χ1v) is 10.4. The normalized spacial score (nSPS) is 11.3. The third-order valence-electron chi connectivity index (χ3n) is 4.42. The molecule has 146 valence electrons. The first-order valence-electron chi connectivity index (χ1n) is 9.21. The third-order valence-corrected chi connectivity index (χ3v) is 5.14. The van der Waals surface area contributed by atoms with Crippen molar-refractivity contribution in [3.8, 4) is 5.75 Å². The monoisotopic (exact) mass is 394 g/mol. The van der Waals surface area contributed by atoms with Gasteiger partial charge in [0.1, 0.15) is 25.0 Å². The molecule has 0 fully saturated rings. The lowest BCUT2D eigenvalue weighted by molar-refractivity contribution is 0.302. The highest BCUT2D eigenvalue weighted by molar-refractivity contribution is 7.98. The summed E-state index contributed by atoms with van der Waals surface area (Å²) in [6.07, 6.45) is 5.02. The molecule has 0 aliphatic rings. The van der Waals surface area contributed by atoms with Crippen LogP contribution in [0.4, 0.5) is 5.95 Å². The third kappa shape index (κ3) is 5.45. The average Bonchev–Trinajstić information content (AvgIpc) is 2.71. The van der Waals surface area contributed by atoms with E-state index in [9.17, 15) is 0 Å². The van der Waals surface area contributed by atoms with Crippen molar-refractivity contribution >= 4 is 17.7 Å². The Kier molecular flexibility index (Phi) is 6.52. The lowest BCUT2D eigenvalue weighted by atomic mass is 9.87. The summed E-state index contributed by atoms with van der Waals surface area (Å²) in [5.41, 5.74) is 3.69. The number of hydrogen-bond acceptors (Lipinski definition) is 6. The smallest absolute Gasteiger partial charge is 0.225 e. The molecule has 3 rings (SSSR count). The Bertz CT molecular complexity index is 893. The predicted octanol–water partition coefficient (Wildman–Crippen LogP) is 5.08. The van der Waals surface area contributed by atoms with Gasteiger partial charge < -0.3 is 10.1 Å². The Balaban J connectivity index is 1.71. The molecule has 0 saturated carbocycles. The van der Waals surface area contributed by atoms with Gasteiger partial charge in [0, 0.05) is 17.0 Å². The van der Waals surface area contributed by atoms with E-state index in [1.54, 1.807) is 11.8 Å². The number of thioether (sulfide) groups is 1. The number of nitrogens with one attached hydrogen (secondary N) is 1. The quantitative estimate of drug-likeness (QED) is 0.564. The maximum absolute atomic E-state index is 6.17. The Morgan fingerprint density at radius 1 is 1.00 bits per heavy atom. The fourth-order valence-electron chi connectivity index (χ4n) is 2.71. The Labute approximate surface area is 171 Å². The molecule has 0 aliphatic carbocycles. The Hall–Kier alpha value is -2.60. The van der Waals surface area contributed by atoms with Crippen LogP contribution in [0.25, 0.3) is 0 Å². The van der Waals surface area contributed by atoms with Crippen LogP contribution < -0.4 is 10.1 Å². The lowest BCUT2D eigenvalue weighted by Crippen LogP contribution is -2.11. The summed E-state index contributed by atoms with van der Waals surface area (Å²) in [7, 11) is 0. The standard InChI is InChI=1S/C22H26N4OS/c1-22(2,3)18-8-5-16(6-9-18)13-27-20-11-19(28-4)10-7-17(20)12-24-21-25-14-23-15-26-21/h5-11,14-15H,12-13H2,1-4H3,(H,23,24,25,26). The van der Waals surface area contributed by atoms with E-state index in [1.807, 2.05) is 0 Å². The van der Waals surface area contributed by atoms with Gasteiger partial charge in [0.05, 0.1) is 0 Å². The molecule has 6 heteroatoms. The van der Waals surface area contributed by atoms with Gasteiger partial charge in [-0.25, -0.2) is 15.0 Å². The van der Waals surface area contributed by atoms with Crippen LogP contribution in [0.2, 0.25) is 0 Å². The Morgan fingerprint density at radius 2 is 1.71 bits per heavy atom. The molecule has 5 nitrogen and oxygen atoms in total. The minimum absolute atomic E-state index is 0.153. The number of aromatic nitrogens is 3. The fourth-order valence-corrected chi connectivity index (χ4v) is 3.14. The van der Waals surface area contributed by atoms with Gasteiger partial charge >= 0.3 is 0 Å². The van der Waals surface area contributed by atoms with Crippen LogP contribution in [0, 0.1) is 0 Å². The zero-order valence-electron chi connectivity index (χ0n) is 16.8. The van der Waals surface area contributed by atoms with Crippen molar-refractivity contribution in [1.29, 1.82) is 0 Å². The van der Waals surface area contributed by atoms with Crippen molar-refractivity contribution in [1.82, 2.24) is 15.0 Å². The highest BCUT2D eigenvalue weighted by Gasteiger charge is 2.13. The fraction of sp³-hybridized carbons (Fsp3) is 0.318. The molecule has 0 radical (unpaired) electrons. The second kappa shape index (κ2) is 9.06. The number of benzene rings is 2. The van der Waals surface area contributed by atoms with Crippen molar-refractivity contribution in [2.45, 2.75) is 44.2 Å². The summed E-state index contributed by atoms with van der Waals surface area (Å²) in [6, 6.07) is 14.9. The number of anilines is 1. The van der Waals surface area contributed by atoms with Crippen molar-refractivity contribution in [3.63, 3.8) is 0 Å². The van der Waals surface area contributed by atoms with Crippen molar-refractivity contribution < 1.29 is 4.74 Å². The predicted molar refractivity (Wildman–Crippen MR) is 115 cm³/mol. The van der Waals surface area contributed by atoms with Crippen LogP contribution in [0.3, 0.4) is 0 Å². The molecule has 0 spiro atoms. The van der Waals surface area contributed by atoms with Crippen molar-refractivity contribution in [3.05, 3.63) is 71.8 Å². The largest absolute Gasteiger partial charge is 0.489 e. The first-order chi connectivity index (χ1) is 13.5. The van der Waals surface area contributed by atoms with E-state index in [2.05, 4.69) is 89.8 Å². The molecule has 3 aromatic rings. The molecule has 2 aromatic carbocycles. The maximum Gasteiger partial charge on any atom is 0.225 e. The number of ether oxygens (including phenoxy) is 1. The summed E-state index contributed by atoms with van der Waals surface area (Å²) in [5, 5.41) is 3.21. The Morgan fingerprint density at radius 3 is 2.36 bits per heavy atom. The second-order valence-electron chi connectivity index (χ2n) is 7.52. The molecule has 0 saturated heterocycles. The molecule has 1 heterocycles. The zero-order chi connectivity index (χ0) is 20.0. The van der Waals surface area contributed by atoms with Gasteiger partial charge in [-0.05, 0) is 34.9 Å². The highest BCUT2D eigenvalue weighted by Crippen LogP contribution is 2.27. The van der Waals surface area contributed by atoms with Crippen LogP contribution in [0.15, 0.2) is 60.0 Å². The van der Waals surface area contributed by atoms with E-state index in [4.69, 9.17) is 4.74 Å². The number of nitrogens with zero attached hydrogens (tertiary/aromatic N) is 3. The van der Waals surface area contributed by atoms with E-state index < -0.39 is 0 Å². The molecule has 0 atom stereocenters. The SMILES string of the molecule is CSc1ccc(CNc2ncncn2)c(OCc2ccc(C(C)(C)C)cc2)c1. The first kappa shape index (κ1) is 20.1. The second-order valence-corrected chi connectivity index (χ2v) is 8.40. The van der Waals surface area contributed by atoms with Gasteiger partial charge in [-0.2, -0.15) is 0 Å². The molecule has 0 unspecified atom stereocenters. The van der Waals surface area contributed by atoms with E-state index in [0.29, 0.717) is 19.1 Å². The number of hydrogen-bond donors (Lipinski definition) is 1. The van der Waals surface area contributed by atoms with Gasteiger partial charge in [0.2, 0.25) is 5.95 Å². The van der Waals surface area contributed by atoms with Gasteiger partial charge in [-0.3, -0.25) is 0 Å². The highest BCUT2D eigenvalue weighted by atomic mass is 32.2. The average molecular weight is 395 g/mol. The minimum Gasteiger partial charge on any atom is -0.489 e. The summed E-state index contributed by atoms with van der Waals surface area (Å²) in [6.45, 7) is 7.77. The van der Waals surface area contributed by atoms with Crippen LogP contribution in [-0.2, 0) is 18.6 Å². The van der Waals surface area contributed by atoms with Crippen molar-refractivity contribution in [2.24, 2.45) is 0 Å². The molecule has 0 aliphatic heterocycles. The van der Waals surface area contributed by atoms with E-state index in [0.717, 1.165) is 16.9 Å². The zero-order valence-corrected chi connectivity index (χ0v) is 17.6. The van der Waals surface area contributed by atoms with Crippen LogP contribution in [0.5, 0.6) is 5.75 Å². The van der Waals surface area contributed by atoms with Gasteiger partial charge in [-0.15, -0.1) is 11.8 Å². The summed E-state index contributed by atoms with van der Waals surface area (Å²) in [4.78, 5) is 13.2. The topological polar surface area (TPSA) is 59.9 Å². The summed E-state index contributed by atoms with van der Waals surface area (Å²) < 4.78 is 6.17. The van der Waals surface area contributed by atoms with E-state index in [-0.39, 0.29) is 5.41 Å². The van der Waals surface area contributed by atoms with Crippen molar-refractivity contribution in [2.75, 3.05) is 11.6 Å². The molecule has 0 bridgehead atoms. The maximum atomic E-state index is 6.17. The molecule has 0 amide bonds. The summed E-state index contributed by atoms with van der Waals surface area (Å²) >= 11 is 1.70. The van der Waals surface area contributed by atoms with E-state index in [1.165, 1.54) is 23.1 Å². The lowest BCUT2D eigenvalue weighted by Gasteiger charge is -2.19. The minimum atomic E-state index is 0.153. The molecular formula is C22H26N4OS. The van der Waals surface area contributed by atoms with Crippen LogP contribution in [0.1, 0.15) is 37.5 Å². The van der Waals surface area contributed by atoms with Crippen LogP contribution >= 0.6 is 11.8 Å². The molecule has 1 N–H and O–H groups in total. The molecule has 28 heavy (non-hydrogen) atoms. The molecular weight excluding hydrogens is 368 g/mol. The van der Waals surface area contributed by atoms with Gasteiger partial charge in [0.25, 0.3) is 0 Å². The number of rotatable bonds is 7. The van der Waals surface area contributed by atoms with Gasteiger partial charge in [0.15, 0.2) is 0 Å². The summed E-state index contributed by atoms with van der Waals surface area (Å²) in [5.74, 6) is 1.42. The van der Waals surface area contributed by atoms with Crippen LogP contribution in [-0.4, -0.2) is 21.2 Å². The van der Waals surface area contributed by atoms with Gasteiger partial charge in [-0.1, -0.05) is 51.1 Å².